The fraction of sp³-hybridized carbons (Fsp3) is 0.500. The minimum atomic E-state index is -0.560. The second-order valence-corrected chi connectivity index (χ2v) is 7.77. The van der Waals surface area contributed by atoms with Crippen LogP contribution in [0.2, 0.25) is 0 Å². The molecule has 0 radical (unpaired) electrons. The van der Waals surface area contributed by atoms with Gasteiger partial charge in [-0.3, -0.25) is 14.6 Å². The van der Waals surface area contributed by atoms with Gasteiger partial charge in [-0.15, -0.1) is 0 Å². The highest BCUT2D eigenvalue weighted by atomic mass is 16.2. The van der Waals surface area contributed by atoms with Gasteiger partial charge in [-0.05, 0) is 44.5 Å². The van der Waals surface area contributed by atoms with Crippen LogP contribution in [-0.2, 0) is 11.3 Å². The summed E-state index contributed by atoms with van der Waals surface area (Å²) in [5.41, 5.74) is 0.408. The van der Waals surface area contributed by atoms with Crippen LogP contribution in [0.5, 0.6) is 0 Å². The van der Waals surface area contributed by atoms with Gasteiger partial charge in [-0.1, -0.05) is 6.07 Å². The zero-order chi connectivity index (χ0) is 19.6. The molecule has 0 bridgehead atoms. The number of nitrogens with one attached hydrogen (secondary N) is 2. The average Bonchev–Trinajstić information content (AvgIpc) is 3.26. The molecular formula is C20H26N6O2. The Bertz CT molecular complexity index is 824. The number of carbonyl (C=O) groups excluding carboxylic acids is 2. The largest absolute Gasteiger partial charge is 0.351 e. The van der Waals surface area contributed by atoms with Crippen molar-refractivity contribution in [1.29, 1.82) is 0 Å². The number of aromatic nitrogens is 3. The summed E-state index contributed by atoms with van der Waals surface area (Å²) < 4.78 is 0. The Hall–Kier alpha value is -2.74. The summed E-state index contributed by atoms with van der Waals surface area (Å²) in [5.74, 6) is 0.237. The van der Waals surface area contributed by atoms with Gasteiger partial charge < -0.3 is 20.1 Å². The summed E-state index contributed by atoms with van der Waals surface area (Å²) in [4.78, 5) is 41.6. The summed E-state index contributed by atoms with van der Waals surface area (Å²) >= 11 is 0. The zero-order valence-electron chi connectivity index (χ0n) is 16.1. The molecule has 8 heteroatoms. The fourth-order valence-corrected chi connectivity index (χ4v) is 4.53. The molecule has 4 rings (SSSR count). The first-order valence-corrected chi connectivity index (χ1v) is 9.76. The molecule has 2 fully saturated rings. The van der Waals surface area contributed by atoms with Crippen LogP contribution in [0.15, 0.2) is 36.9 Å². The lowest BCUT2D eigenvalue weighted by atomic mass is 9.67. The van der Waals surface area contributed by atoms with Crippen molar-refractivity contribution in [3.05, 3.63) is 48.3 Å². The third kappa shape index (κ3) is 3.40. The van der Waals surface area contributed by atoms with Crippen LogP contribution in [0, 0.1) is 5.41 Å². The molecule has 0 saturated carbocycles. The number of piperidine rings is 2. The fourth-order valence-electron chi connectivity index (χ4n) is 4.53. The molecule has 2 aliphatic heterocycles. The van der Waals surface area contributed by atoms with Gasteiger partial charge in [0.25, 0.3) is 5.91 Å². The van der Waals surface area contributed by atoms with Crippen molar-refractivity contribution in [2.75, 3.05) is 26.7 Å². The van der Waals surface area contributed by atoms with Crippen LogP contribution in [0.25, 0.3) is 0 Å². The lowest BCUT2D eigenvalue weighted by molar-refractivity contribution is -0.142. The molecule has 2 aromatic rings. The van der Waals surface area contributed by atoms with Crippen LogP contribution in [-0.4, -0.2) is 69.3 Å². The zero-order valence-corrected chi connectivity index (χ0v) is 16.1. The van der Waals surface area contributed by atoms with E-state index in [-0.39, 0.29) is 17.9 Å². The Kier molecular flexibility index (Phi) is 5.13. The van der Waals surface area contributed by atoms with Gasteiger partial charge in [0.05, 0.1) is 11.5 Å². The van der Waals surface area contributed by atoms with Crippen molar-refractivity contribution in [2.45, 2.75) is 31.8 Å². The summed E-state index contributed by atoms with van der Waals surface area (Å²) in [7, 11) is 2.04. The van der Waals surface area contributed by atoms with Gasteiger partial charge in [-0.25, -0.2) is 4.98 Å². The number of fused-ring (bicyclic) bond motifs is 1. The van der Waals surface area contributed by atoms with E-state index >= 15 is 0 Å². The van der Waals surface area contributed by atoms with Crippen molar-refractivity contribution in [3.8, 4) is 0 Å². The minimum Gasteiger partial charge on any atom is -0.351 e. The van der Waals surface area contributed by atoms with Crippen molar-refractivity contribution >= 4 is 11.8 Å². The molecule has 2 saturated heterocycles. The molecule has 148 valence electrons. The number of aromatic amines is 1. The van der Waals surface area contributed by atoms with Gasteiger partial charge in [0.1, 0.15) is 0 Å². The quantitative estimate of drug-likeness (QED) is 0.824. The molecule has 2 aliphatic rings. The highest BCUT2D eigenvalue weighted by Gasteiger charge is 2.53. The Morgan fingerprint density at radius 1 is 1.32 bits per heavy atom. The number of amides is 2. The predicted octanol–water partition coefficient (Wildman–Crippen LogP) is 1.05. The number of imidazole rings is 1. The maximum Gasteiger partial charge on any atom is 0.289 e. The Labute approximate surface area is 164 Å². The number of nitrogens with zero attached hydrogens (tertiary/aromatic N) is 4. The normalized spacial score (nSPS) is 25.2. The molecule has 2 N–H and O–H groups in total. The topological polar surface area (TPSA) is 94.2 Å². The molecule has 4 heterocycles. The molecule has 0 unspecified atom stereocenters. The molecule has 0 aromatic carbocycles. The summed E-state index contributed by atoms with van der Waals surface area (Å²) in [5, 5.41) is 3.11. The highest BCUT2D eigenvalue weighted by Crippen LogP contribution is 2.43. The SMILES string of the molecule is CN1CC[C@]2(C(=O)NCc3cccnc3)CCCN(C(=O)c3ncc[nH]3)[C@H]2C1. The van der Waals surface area contributed by atoms with E-state index in [2.05, 4.69) is 25.2 Å². The lowest BCUT2D eigenvalue weighted by Gasteiger charge is -2.53. The van der Waals surface area contributed by atoms with E-state index < -0.39 is 5.41 Å². The number of likely N-dealkylation sites (N-methyl/N-ethyl adjacent to an activating group) is 1. The average molecular weight is 382 g/mol. The van der Waals surface area contributed by atoms with Crippen LogP contribution in [0.1, 0.15) is 35.4 Å². The van der Waals surface area contributed by atoms with Gasteiger partial charge in [-0.2, -0.15) is 0 Å². The molecule has 0 aliphatic carbocycles. The second kappa shape index (κ2) is 7.71. The van der Waals surface area contributed by atoms with E-state index in [1.165, 1.54) is 0 Å². The number of likely N-dealkylation sites (tertiary alicyclic amines) is 2. The summed E-state index contributed by atoms with van der Waals surface area (Å²) in [6.45, 7) is 2.63. The van der Waals surface area contributed by atoms with E-state index in [0.29, 0.717) is 25.5 Å². The van der Waals surface area contributed by atoms with Crippen LogP contribution >= 0.6 is 0 Å². The monoisotopic (exact) mass is 382 g/mol. The van der Waals surface area contributed by atoms with E-state index in [1.807, 2.05) is 24.1 Å². The van der Waals surface area contributed by atoms with Crippen molar-refractivity contribution < 1.29 is 9.59 Å². The van der Waals surface area contributed by atoms with Crippen LogP contribution in [0.4, 0.5) is 0 Å². The standard InChI is InChI=1S/C20H26N6O2/c1-25-11-6-20(19(28)24-13-15-4-2-7-21-12-15)5-3-10-26(16(20)14-25)18(27)17-22-8-9-23-17/h2,4,7-9,12,16H,3,5-6,10-11,13-14H2,1H3,(H,22,23)(H,24,28)/t16-,20+/m0/s1. The number of pyridine rings is 1. The van der Waals surface area contributed by atoms with Crippen molar-refractivity contribution in [1.82, 2.24) is 30.1 Å². The third-order valence-corrected chi connectivity index (χ3v) is 6.05. The molecule has 2 amide bonds. The van der Waals surface area contributed by atoms with Crippen LogP contribution < -0.4 is 5.32 Å². The van der Waals surface area contributed by atoms with E-state index in [9.17, 15) is 9.59 Å². The number of hydrogen-bond donors (Lipinski definition) is 2. The minimum absolute atomic E-state index is 0.0337. The van der Waals surface area contributed by atoms with E-state index in [1.54, 1.807) is 24.8 Å². The van der Waals surface area contributed by atoms with Crippen molar-refractivity contribution in [3.63, 3.8) is 0 Å². The van der Waals surface area contributed by atoms with Gasteiger partial charge >= 0.3 is 0 Å². The molecule has 8 nitrogen and oxygen atoms in total. The Balaban J connectivity index is 1.57. The molecule has 2 atom stereocenters. The van der Waals surface area contributed by atoms with Crippen molar-refractivity contribution in [2.24, 2.45) is 5.41 Å². The van der Waals surface area contributed by atoms with Gasteiger partial charge in [0, 0.05) is 44.4 Å². The first kappa shape index (κ1) is 18.6. The predicted molar refractivity (Wildman–Crippen MR) is 103 cm³/mol. The first-order valence-electron chi connectivity index (χ1n) is 9.76. The second-order valence-electron chi connectivity index (χ2n) is 7.77. The molecule has 0 spiro atoms. The first-order chi connectivity index (χ1) is 13.6. The summed E-state index contributed by atoms with van der Waals surface area (Å²) in [6, 6.07) is 3.65. The molecule has 2 aromatic heterocycles. The number of hydrogen-bond acceptors (Lipinski definition) is 5. The maximum absolute atomic E-state index is 13.4. The van der Waals surface area contributed by atoms with E-state index in [4.69, 9.17) is 0 Å². The number of carbonyl (C=O) groups is 2. The van der Waals surface area contributed by atoms with Gasteiger partial charge in [0.15, 0.2) is 5.82 Å². The van der Waals surface area contributed by atoms with E-state index in [0.717, 1.165) is 31.4 Å². The Morgan fingerprint density at radius 2 is 2.21 bits per heavy atom. The molecule has 28 heavy (non-hydrogen) atoms. The number of rotatable bonds is 4. The maximum atomic E-state index is 13.4. The molecular weight excluding hydrogens is 356 g/mol. The van der Waals surface area contributed by atoms with Crippen LogP contribution in [0.3, 0.4) is 0 Å². The lowest BCUT2D eigenvalue weighted by Crippen LogP contribution is -2.66. The highest BCUT2D eigenvalue weighted by molar-refractivity contribution is 5.92. The third-order valence-electron chi connectivity index (χ3n) is 6.05. The van der Waals surface area contributed by atoms with Gasteiger partial charge in [0.2, 0.25) is 5.91 Å². The smallest absolute Gasteiger partial charge is 0.289 e. The Morgan fingerprint density at radius 3 is 2.96 bits per heavy atom. The number of H-pyrrole nitrogens is 1. The summed E-state index contributed by atoms with van der Waals surface area (Å²) in [6.07, 6.45) is 9.07.